The van der Waals surface area contributed by atoms with Gasteiger partial charge in [-0.2, -0.15) is 20.5 Å². The molecule has 0 saturated heterocycles. The average Bonchev–Trinajstić information content (AvgIpc) is 3.05. The standard InChI is InChI=1S/C13H13N7O3/c1-7-13(20(22)23)8(2)19(17-7)6-11(21)14-9-4-3-5-10-12(9)16-18-15-10/h3-5H,6H2,1-2H3,(H,14,21)(H,15,16,18). The molecule has 0 aliphatic carbocycles. The van der Waals surface area contributed by atoms with Gasteiger partial charge in [-0.1, -0.05) is 6.07 Å². The highest BCUT2D eigenvalue weighted by Crippen LogP contribution is 2.22. The summed E-state index contributed by atoms with van der Waals surface area (Å²) in [5, 5.41) is 28.1. The number of nitrogens with zero attached hydrogens (tertiary/aromatic N) is 5. The van der Waals surface area contributed by atoms with Crippen LogP contribution in [0.4, 0.5) is 11.4 Å². The van der Waals surface area contributed by atoms with Crippen molar-refractivity contribution in [3.05, 3.63) is 39.7 Å². The Morgan fingerprint density at radius 3 is 2.87 bits per heavy atom. The molecule has 2 heterocycles. The van der Waals surface area contributed by atoms with Crippen LogP contribution in [0.1, 0.15) is 11.4 Å². The van der Waals surface area contributed by atoms with Gasteiger partial charge in [-0.3, -0.25) is 19.6 Å². The largest absolute Gasteiger partial charge is 0.322 e. The molecule has 10 heteroatoms. The van der Waals surface area contributed by atoms with Gasteiger partial charge >= 0.3 is 5.69 Å². The molecule has 0 unspecified atom stereocenters. The van der Waals surface area contributed by atoms with E-state index in [1.165, 1.54) is 11.6 Å². The highest BCUT2D eigenvalue weighted by atomic mass is 16.6. The monoisotopic (exact) mass is 315 g/mol. The first-order chi connectivity index (χ1) is 11.0. The molecule has 10 nitrogen and oxygen atoms in total. The van der Waals surface area contributed by atoms with E-state index in [9.17, 15) is 14.9 Å². The third-order valence-corrected chi connectivity index (χ3v) is 3.44. The van der Waals surface area contributed by atoms with E-state index in [0.29, 0.717) is 22.4 Å². The predicted molar refractivity (Wildman–Crippen MR) is 80.9 cm³/mol. The summed E-state index contributed by atoms with van der Waals surface area (Å²) in [5.41, 5.74) is 2.22. The highest BCUT2D eigenvalue weighted by molar-refractivity contribution is 5.98. The average molecular weight is 315 g/mol. The Labute approximate surface area is 129 Å². The lowest BCUT2D eigenvalue weighted by atomic mass is 10.2. The van der Waals surface area contributed by atoms with E-state index in [0.717, 1.165) is 0 Å². The minimum atomic E-state index is -0.498. The van der Waals surface area contributed by atoms with Crippen molar-refractivity contribution in [1.82, 2.24) is 25.2 Å². The molecule has 0 radical (unpaired) electrons. The van der Waals surface area contributed by atoms with Crippen LogP contribution in [0.2, 0.25) is 0 Å². The van der Waals surface area contributed by atoms with Gasteiger partial charge in [-0.15, -0.1) is 0 Å². The number of hydrogen-bond acceptors (Lipinski definition) is 6. The molecule has 0 fully saturated rings. The van der Waals surface area contributed by atoms with Crippen molar-refractivity contribution in [3.8, 4) is 0 Å². The molecule has 3 aromatic rings. The second-order valence-electron chi connectivity index (χ2n) is 4.98. The summed E-state index contributed by atoms with van der Waals surface area (Å²) in [5.74, 6) is -0.360. The van der Waals surface area contributed by atoms with E-state index in [1.807, 2.05) is 0 Å². The Morgan fingerprint density at radius 2 is 2.17 bits per heavy atom. The molecule has 3 rings (SSSR count). The van der Waals surface area contributed by atoms with Crippen LogP contribution >= 0.6 is 0 Å². The maximum atomic E-state index is 12.2. The number of amides is 1. The number of nitrogens with one attached hydrogen (secondary N) is 2. The zero-order valence-corrected chi connectivity index (χ0v) is 12.4. The van der Waals surface area contributed by atoms with E-state index < -0.39 is 4.92 Å². The molecule has 118 valence electrons. The van der Waals surface area contributed by atoms with Crippen molar-refractivity contribution in [1.29, 1.82) is 0 Å². The third-order valence-electron chi connectivity index (χ3n) is 3.44. The molecule has 0 spiro atoms. The van der Waals surface area contributed by atoms with Gasteiger partial charge in [0.2, 0.25) is 5.91 Å². The number of carbonyl (C=O) groups is 1. The molecule has 0 aliphatic heterocycles. The maximum absolute atomic E-state index is 12.2. The maximum Gasteiger partial charge on any atom is 0.312 e. The minimum absolute atomic E-state index is 0.0728. The lowest BCUT2D eigenvalue weighted by Gasteiger charge is -2.06. The van der Waals surface area contributed by atoms with Gasteiger partial charge in [0.05, 0.1) is 10.6 Å². The molecule has 2 aromatic heterocycles. The number of H-pyrrole nitrogens is 1. The van der Waals surface area contributed by atoms with Crippen molar-refractivity contribution in [3.63, 3.8) is 0 Å². The quantitative estimate of drug-likeness (QED) is 0.551. The van der Waals surface area contributed by atoms with E-state index in [1.54, 1.807) is 25.1 Å². The smallest absolute Gasteiger partial charge is 0.312 e. The summed E-state index contributed by atoms with van der Waals surface area (Å²) >= 11 is 0. The van der Waals surface area contributed by atoms with Crippen molar-refractivity contribution < 1.29 is 9.72 Å². The Hall–Kier alpha value is -3.30. The van der Waals surface area contributed by atoms with Crippen molar-refractivity contribution in [2.75, 3.05) is 5.32 Å². The summed E-state index contributed by atoms with van der Waals surface area (Å²) < 4.78 is 1.31. The molecule has 1 amide bonds. The zero-order chi connectivity index (χ0) is 16.6. The molecule has 0 aliphatic rings. The molecular weight excluding hydrogens is 302 g/mol. The van der Waals surface area contributed by atoms with E-state index >= 15 is 0 Å². The number of nitro groups is 1. The normalized spacial score (nSPS) is 10.9. The molecule has 0 bridgehead atoms. The SMILES string of the molecule is Cc1nn(CC(=O)Nc2cccc3n[nH]nc23)c(C)c1[N+](=O)[O-]. The van der Waals surface area contributed by atoms with Gasteiger partial charge in [0.15, 0.2) is 0 Å². The number of aryl methyl sites for hydroxylation is 1. The highest BCUT2D eigenvalue weighted by Gasteiger charge is 2.22. The van der Waals surface area contributed by atoms with Gasteiger partial charge in [0, 0.05) is 0 Å². The summed E-state index contributed by atoms with van der Waals surface area (Å²) in [4.78, 5) is 22.7. The lowest BCUT2D eigenvalue weighted by Crippen LogP contribution is -2.20. The van der Waals surface area contributed by atoms with Gasteiger partial charge in [0.25, 0.3) is 0 Å². The fraction of sp³-hybridized carbons (Fsp3) is 0.231. The fourth-order valence-electron chi connectivity index (χ4n) is 2.40. The zero-order valence-electron chi connectivity index (χ0n) is 12.4. The van der Waals surface area contributed by atoms with Crippen LogP contribution in [0.15, 0.2) is 18.2 Å². The van der Waals surface area contributed by atoms with E-state index in [4.69, 9.17) is 0 Å². The number of rotatable bonds is 4. The van der Waals surface area contributed by atoms with E-state index in [-0.39, 0.29) is 23.8 Å². The van der Waals surface area contributed by atoms with Crippen LogP contribution in [-0.2, 0) is 11.3 Å². The number of hydrogen-bond donors (Lipinski definition) is 2. The van der Waals surface area contributed by atoms with Gasteiger partial charge < -0.3 is 5.32 Å². The first-order valence-corrected chi connectivity index (χ1v) is 6.75. The van der Waals surface area contributed by atoms with Gasteiger partial charge in [-0.25, -0.2) is 0 Å². The van der Waals surface area contributed by atoms with E-state index in [2.05, 4.69) is 25.8 Å². The molecule has 0 saturated carbocycles. The van der Waals surface area contributed by atoms with Crippen molar-refractivity contribution in [2.24, 2.45) is 0 Å². The second-order valence-corrected chi connectivity index (χ2v) is 4.98. The van der Waals surface area contributed by atoms with Gasteiger partial charge in [-0.05, 0) is 26.0 Å². The number of benzene rings is 1. The van der Waals surface area contributed by atoms with Crippen molar-refractivity contribution >= 4 is 28.3 Å². The number of aromatic nitrogens is 5. The number of carbonyl (C=O) groups excluding carboxylic acids is 1. The molecule has 23 heavy (non-hydrogen) atoms. The molecule has 2 N–H and O–H groups in total. The molecular formula is C13H13N7O3. The topological polar surface area (TPSA) is 132 Å². The lowest BCUT2D eigenvalue weighted by molar-refractivity contribution is -0.386. The summed E-state index contributed by atoms with van der Waals surface area (Å²) in [6, 6.07) is 5.21. The van der Waals surface area contributed by atoms with Crippen LogP contribution in [0.5, 0.6) is 0 Å². The minimum Gasteiger partial charge on any atom is -0.322 e. The first-order valence-electron chi connectivity index (χ1n) is 6.75. The number of para-hydroxylation sites is 1. The first kappa shape index (κ1) is 14.6. The van der Waals surface area contributed by atoms with Crippen LogP contribution in [0.25, 0.3) is 11.0 Å². The molecule has 0 atom stereocenters. The van der Waals surface area contributed by atoms with Crippen molar-refractivity contribution in [2.45, 2.75) is 20.4 Å². The third kappa shape index (κ3) is 2.61. The Bertz CT molecular complexity index is 912. The summed E-state index contributed by atoms with van der Waals surface area (Å²) in [6.45, 7) is 2.97. The van der Waals surface area contributed by atoms with Crippen LogP contribution < -0.4 is 5.32 Å². The summed E-state index contributed by atoms with van der Waals surface area (Å²) in [7, 11) is 0. The van der Waals surface area contributed by atoms with Crippen LogP contribution in [0, 0.1) is 24.0 Å². The van der Waals surface area contributed by atoms with Crippen LogP contribution in [-0.4, -0.2) is 36.0 Å². The predicted octanol–water partition coefficient (Wildman–Crippen LogP) is 1.32. The Morgan fingerprint density at radius 1 is 1.39 bits per heavy atom. The fourth-order valence-corrected chi connectivity index (χ4v) is 2.40. The second kappa shape index (κ2) is 5.48. The molecule has 1 aromatic carbocycles. The van der Waals surface area contributed by atoms with Crippen LogP contribution in [0.3, 0.4) is 0 Å². The number of anilines is 1. The Kier molecular flexibility index (Phi) is 3.48. The summed E-state index contributed by atoms with van der Waals surface area (Å²) in [6.07, 6.45) is 0. The van der Waals surface area contributed by atoms with Gasteiger partial charge in [0.1, 0.15) is 29.0 Å². The Balaban J connectivity index is 1.82. The number of fused-ring (bicyclic) bond motifs is 1. The number of aromatic amines is 1.